The number of hydrogen-bond donors (Lipinski definition) is 0. The van der Waals surface area contributed by atoms with Crippen LogP contribution in [0.4, 0.5) is 0 Å². The minimum absolute atomic E-state index is 0.0330. The van der Waals surface area contributed by atoms with E-state index in [0.717, 1.165) is 25.9 Å². The summed E-state index contributed by atoms with van der Waals surface area (Å²) in [5.41, 5.74) is 0.700. The third kappa shape index (κ3) is 3.27. The van der Waals surface area contributed by atoms with Crippen molar-refractivity contribution in [2.75, 3.05) is 13.1 Å². The molecule has 18 heavy (non-hydrogen) atoms. The molecule has 0 N–H and O–H groups in total. The zero-order valence-corrected chi connectivity index (χ0v) is 11.5. The second-order valence-electron chi connectivity index (χ2n) is 4.35. The lowest BCUT2D eigenvalue weighted by atomic mass is 10.1. The highest BCUT2D eigenvalue weighted by Gasteiger charge is 2.13. The van der Waals surface area contributed by atoms with Crippen LogP contribution in [0.5, 0.6) is 0 Å². The van der Waals surface area contributed by atoms with Crippen molar-refractivity contribution in [1.82, 2.24) is 4.90 Å². The summed E-state index contributed by atoms with van der Waals surface area (Å²) in [6.45, 7) is 1.69. The number of hydrogen-bond acceptors (Lipinski definition) is 1. The molecule has 0 atom stereocenters. The predicted molar refractivity (Wildman–Crippen MR) is 75.9 cm³/mol. The monoisotopic (exact) mass is 283 g/mol. The molecule has 1 fully saturated rings. The lowest BCUT2D eigenvalue weighted by molar-refractivity contribution is -0.126. The fraction of sp³-hybridized carbons (Fsp3) is 0.357. The normalized spacial score (nSPS) is 16.2. The third-order valence-electron chi connectivity index (χ3n) is 3.06. The summed E-state index contributed by atoms with van der Waals surface area (Å²) in [6, 6.07) is 5.31. The van der Waals surface area contributed by atoms with Crippen LogP contribution in [0.2, 0.25) is 10.0 Å². The van der Waals surface area contributed by atoms with Gasteiger partial charge in [-0.3, -0.25) is 4.79 Å². The third-order valence-corrected chi connectivity index (χ3v) is 3.72. The average molecular weight is 284 g/mol. The molecule has 0 aromatic heterocycles. The SMILES string of the molecule is O=C(C=Cc1c(Cl)cccc1Cl)N1CCCCC1. The number of carbonyl (C=O) groups excluding carboxylic acids is 1. The molecule has 0 saturated carbocycles. The van der Waals surface area contributed by atoms with E-state index in [0.29, 0.717) is 15.6 Å². The summed E-state index contributed by atoms with van der Waals surface area (Å²) in [4.78, 5) is 13.8. The number of piperidine rings is 1. The van der Waals surface area contributed by atoms with Gasteiger partial charge < -0.3 is 4.90 Å². The summed E-state index contributed by atoms with van der Waals surface area (Å²) < 4.78 is 0. The van der Waals surface area contributed by atoms with Crippen LogP contribution in [-0.4, -0.2) is 23.9 Å². The maximum Gasteiger partial charge on any atom is 0.246 e. The maximum absolute atomic E-state index is 11.9. The largest absolute Gasteiger partial charge is 0.339 e. The molecule has 0 radical (unpaired) electrons. The lowest BCUT2D eigenvalue weighted by Gasteiger charge is -2.25. The highest BCUT2D eigenvalue weighted by molar-refractivity contribution is 6.37. The number of rotatable bonds is 2. The fourth-order valence-electron chi connectivity index (χ4n) is 2.04. The van der Waals surface area contributed by atoms with Crippen LogP contribution in [0.15, 0.2) is 24.3 Å². The van der Waals surface area contributed by atoms with Crippen LogP contribution >= 0.6 is 23.2 Å². The molecule has 1 aromatic rings. The van der Waals surface area contributed by atoms with Crippen molar-refractivity contribution in [2.24, 2.45) is 0 Å². The molecule has 0 bridgehead atoms. The molecular weight excluding hydrogens is 269 g/mol. The fourth-order valence-corrected chi connectivity index (χ4v) is 2.57. The molecule has 4 heteroatoms. The van der Waals surface area contributed by atoms with Gasteiger partial charge in [-0.2, -0.15) is 0 Å². The molecular formula is C14H15Cl2NO. The number of halogens is 2. The van der Waals surface area contributed by atoms with E-state index in [2.05, 4.69) is 0 Å². The zero-order chi connectivity index (χ0) is 13.0. The van der Waals surface area contributed by atoms with Crippen molar-refractivity contribution in [2.45, 2.75) is 19.3 Å². The molecule has 1 amide bonds. The Morgan fingerprint density at radius 2 is 1.72 bits per heavy atom. The summed E-state index contributed by atoms with van der Waals surface area (Å²) in [6.07, 6.45) is 6.64. The number of carbonyl (C=O) groups is 1. The maximum atomic E-state index is 11.9. The first kappa shape index (κ1) is 13.4. The Morgan fingerprint density at radius 3 is 2.33 bits per heavy atom. The van der Waals surface area contributed by atoms with E-state index in [1.807, 2.05) is 4.90 Å². The van der Waals surface area contributed by atoms with Crippen molar-refractivity contribution in [3.8, 4) is 0 Å². The lowest BCUT2D eigenvalue weighted by Crippen LogP contribution is -2.34. The van der Waals surface area contributed by atoms with E-state index in [9.17, 15) is 4.79 Å². The van der Waals surface area contributed by atoms with Gasteiger partial charge in [-0.05, 0) is 37.5 Å². The summed E-state index contributed by atoms with van der Waals surface area (Å²) in [5.74, 6) is 0.0330. The predicted octanol–water partition coefficient (Wildman–Crippen LogP) is 4.02. The Labute approximate surface area is 117 Å². The van der Waals surface area contributed by atoms with Gasteiger partial charge in [0.05, 0.1) is 0 Å². The number of nitrogens with zero attached hydrogens (tertiary/aromatic N) is 1. The first-order chi connectivity index (χ1) is 8.68. The second-order valence-corrected chi connectivity index (χ2v) is 5.17. The van der Waals surface area contributed by atoms with Crippen LogP contribution in [0.1, 0.15) is 24.8 Å². The van der Waals surface area contributed by atoms with Gasteiger partial charge in [0.25, 0.3) is 0 Å². The second kappa shape index (κ2) is 6.26. The van der Waals surface area contributed by atoms with Crippen molar-refractivity contribution < 1.29 is 4.79 Å². The van der Waals surface area contributed by atoms with E-state index in [1.54, 1.807) is 30.4 Å². The molecule has 2 nitrogen and oxygen atoms in total. The summed E-state index contributed by atoms with van der Waals surface area (Å²) in [5, 5.41) is 1.12. The van der Waals surface area contributed by atoms with Gasteiger partial charge in [-0.15, -0.1) is 0 Å². The molecule has 0 spiro atoms. The molecule has 1 aliphatic heterocycles. The first-order valence-corrected chi connectivity index (χ1v) is 6.85. The van der Waals surface area contributed by atoms with E-state index in [-0.39, 0.29) is 5.91 Å². The van der Waals surface area contributed by atoms with Crippen molar-refractivity contribution in [3.05, 3.63) is 39.9 Å². The summed E-state index contributed by atoms with van der Waals surface area (Å²) >= 11 is 12.1. The van der Waals surface area contributed by atoms with Gasteiger partial charge >= 0.3 is 0 Å². The molecule has 1 aromatic carbocycles. The van der Waals surface area contributed by atoms with E-state index in [4.69, 9.17) is 23.2 Å². The zero-order valence-electron chi connectivity index (χ0n) is 10.0. The Balaban J connectivity index is 2.08. The van der Waals surface area contributed by atoms with Crippen LogP contribution < -0.4 is 0 Å². The molecule has 1 saturated heterocycles. The number of benzene rings is 1. The van der Waals surface area contributed by atoms with E-state index < -0.39 is 0 Å². The van der Waals surface area contributed by atoms with Crippen molar-refractivity contribution in [1.29, 1.82) is 0 Å². The van der Waals surface area contributed by atoms with Crippen LogP contribution in [0.25, 0.3) is 6.08 Å². The highest BCUT2D eigenvalue weighted by Crippen LogP contribution is 2.25. The number of likely N-dealkylation sites (tertiary alicyclic amines) is 1. The van der Waals surface area contributed by atoms with E-state index in [1.165, 1.54) is 6.42 Å². The molecule has 0 unspecified atom stereocenters. The Bertz CT molecular complexity index is 445. The minimum Gasteiger partial charge on any atom is -0.339 e. The minimum atomic E-state index is 0.0330. The van der Waals surface area contributed by atoms with Crippen molar-refractivity contribution in [3.63, 3.8) is 0 Å². The van der Waals surface area contributed by atoms with Crippen molar-refractivity contribution >= 4 is 35.2 Å². The molecule has 96 valence electrons. The van der Waals surface area contributed by atoms with Crippen LogP contribution in [0.3, 0.4) is 0 Å². The van der Waals surface area contributed by atoms with Crippen LogP contribution in [0, 0.1) is 0 Å². The Kier molecular flexibility index (Phi) is 4.67. The Morgan fingerprint density at radius 1 is 1.11 bits per heavy atom. The quantitative estimate of drug-likeness (QED) is 0.751. The van der Waals surface area contributed by atoms with Crippen LogP contribution in [-0.2, 0) is 4.79 Å². The molecule has 1 heterocycles. The van der Waals surface area contributed by atoms with Gasteiger partial charge in [0.2, 0.25) is 5.91 Å². The van der Waals surface area contributed by atoms with E-state index >= 15 is 0 Å². The van der Waals surface area contributed by atoms with Gasteiger partial charge in [-0.25, -0.2) is 0 Å². The summed E-state index contributed by atoms with van der Waals surface area (Å²) in [7, 11) is 0. The highest BCUT2D eigenvalue weighted by atomic mass is 35.5. The number of amides is 1. The first-order valence-electron chi connectivity index (χ1n) is 6.09. The molecule has 1 aliphatic rings. The van der Waals surface area contributed by atoms with Gasteiger partial charge in [0, 0.05) is 34.8 Å². The average Bonchev–Trinajstić information content (AvgIpc) is 2.39. The standard InChI is InChI=1S/C14H15Cl2NO/c15-12-5-4-6-13(16)11(12)7-8-14(18)17-9-2-1-3-10-17/h4-8H,1-3,9-10H2. The van der Waals surface area contributed by atoms with Gasteiger partial charge in [0.1, 0.15) is 0 Å². The topological polar surface area (TPSA) is 20.3 Å². The van der Waals surface area contributed by atoms with Gasteiger partial charge in [-0.1, -0.05) is 29.3 Å². The Hall–Kier alpha value is -0.990. The molecule has 2 rings (SSSR count). The molecule has 0 aliphatic carbocycles. The smallest absolute Gasteiger partial charge is 0.246 e. The van der Waals surface area contributed by atoms with Gasteiger partial charge in [0.15, 0.2) is 0 Å².